The Balaban J connectivity index is 0.000000980. The summed E-state index contributed by atoms with van der Waals surface area (Å²) in [6.07, 6.45) is 1.21. The highest BCUT2D eigenvalue weighted by Gasteiger charge is 2.15. The summed E-state index contributed by atoms with van der Waals surface area (Å²) in [6.45, 7) is 2.18. The van der Waals surface area contributed by atoms with Gasteiger partial charge in [0.1, 0.15) is 5.82 Å². The van der Waals surface area contributed by atoms with Gasteiger partial charge in [-0.25, -0.2) is 4.39 Å². The van der Waals surface area contributed by atoms with Crippen LogP contribution in [0.3, 0.4) is 0 Å². The fourth-order valence-corrected chi connectivity index (χ4v) is 2.55. The average molecular weight is 234 g/mol. The Labute approximate surface area is 93.9 Å². The molecule has 0 amide bonds. The van der Waals surface area contributed by atoms with Gasteiger partial charge in [0.15, 0.2) is 0 Å². The Bertz CT molecular complexity index is 272. The first-order valence-corrected chi connectivity index (χ1v) is 5.35. The molecule has 1 aromatic carbocycles. The van der Waals surface area contributed by atoms with Crippen LogP contribution in [0, 0.1) is 5.82 Å². The van der Waals surface area contributed by atoms with Crippen LogP contribution in [0.5, 0.6) is 0 Å². The molecule has 1 unspecified atom stereocenters. The van der Waals surface area contributed by atoms with E-state index in [9.17, 15) is 4.39 Å². The lowest BCUT2D eigenvalue weighted by Crippen LogP contribution is -2.09. The van der Waals surface area contributed by atoms with Gasteiger partial charge in [0.2, 0.25) is 0 Å². The van der Waals surface area contributed by atoms with Gasteiger partial charge in [-0.15, -0.1) is 24.2 Å². The third kappa shape index (κ3) is 3.15. The average Bonchev–Trinajstić information content (AvgIpc) is 2.62. The SMILES string of the molecule is Cl.Fc1ccc(SC2CCNC2)cc1. The molecule has 1 N–H and O–H groups in total. The van der Waals surface area contributed by atoms with Gasteiger partial charge >= 0.3 is 0 Å². The van der Waals surface area contributed by atoms with Crippen molar-refractivity contribution >= 4 is 24.2 Å². The number of nitrogens with one attached hydrogen (secondary N) is 1. The summed E-state index contributed by atoms with van der Waals surface area (Å²) < 4.78 is 12.6. The van der Waals surface area contributed by atoms with Crippen molar-refractivity contribution in [2.24, 2.45) is 0 Å². The molecule has 1 heterocycles. The van der Waals surface area contributed by atoms with E-state index in [0.29, 0.717) is 5.25 Å². The lowest BCUT2D eigenvalue weighted by molar-refractivity contribution is 0.626. The van der Waals surface area contributed by atoms with Gasteiger partial charge in [-0.2, -0.15) is 0 Å². The van der Waals surface area contributed by atoms with Crippen molar-refractivity contribution in [3.63, 3.8) is 0 Å². The van der Waals surface area contributed by atoms with Crippen LogP contribution in [0.1, 0.15) is 6.42 Å². The van der Waals surface area contributed by atoms with Crippen LogP contribution in [0.15, 0.2) is 29.2 Å². The quantitative estimate of drug-likeness (QED) is 0.843. The molecule has 0 saturated carbocycles. The van der Waals surface area contributed by atoms with Crippen LogP contribution in [0.2, 0.25) is 0 Å². The Morgan fingerprint density at radius 1 is 1.29 bits per heavy atom. The molecule has 78 valence electrons. The normalized spacial score (nSPS) is 20.5. The second kappa shape index (κ2) is 5.59. The van der Waals surface area contributed by atoms with E-state index in [0.717, 1.165) is 18.0 Å². The molecule has 2 rings (SSSR count). The third-order valence-electron chi connectivity index (χ3n) is 2.13. The van der Waals surface area contributed by atoms with Crippen LogP contribution in [0.4, 0.5) is 4.39 Å². The fourth-order valence-electron chi connectivity index (χ4n) is 1.43. The first-order chi connectivity index (χ1) is 6.34. The van der Waals surface area contributed by atoms with E-state index in [4.69, 9.17) is 0 Å². The van der Waals surface area contributed by atoms with Crippen molar-refractivity contribution in [1.29, 1.82) is 0 Å². The van der Waals surface area contributed by atoms with E-state index in [1.165, 1.54) is 18.6 Å². The number of hydrogen-bond acceptors (Lipinski definition) is 2. The highest BCUT2D eigenvalue weighted by Crippen LogP contribution is 2.26. The molecule has 1 aromatic rings. The molecule has 1 saturated heterocycles. The van der Waals surface area contributed by atoms with E-state index in [-0.39, 0.29) is 18.2 Å². The molecule has 0 aliphatic carbocycles. The number of hydrogen-bond donors (Lipinski definition) is 1. The summed E-state index contributed by atoms with van der Waals surface area (Å²) in [6, 6.07) is 6.73. The third-order valence-corrected chi connectivity index (χ3v) is 3.41. The Hall–Kier alpha value is -0.250. The molecule has 4 heteroatoms. The van der Waals surface area contributed by atoms with Crippen LogP contribution in [-0.2, 0) is 0 Å². The number of benzene rings is 1. The van der Waals surface area contributed by atoms with Crippen molar-refractivity contribution in [1.82, 2.24) is 5.32 Å². The van der Waals surface area contributed by atoms with Crippen molar-refractivity contribution in [3.05, 3.63) is 30.1 Å². The van der Waals surface area contributed by atoms with Gasteiger partial charge < -0.3 is 5.32 Å². The van der Waals surface area contributed by atoms with E-state index >= 15 is 0 Å². The maximum Gasteiger partial charge on any atom is 0.123 e. The van der Waals surface area contributed by atoms with Gasteiger partial charge in [-0.05, 0) is 37.2 Å². The van der Waals surface area contributed by atoms with Crippen molar-refractivity contribution in [2.75, 3.05) is 13.1 Å². The molecule has 1 fully saturated rings. The Morgan fingerprint density at radius 3 is 2.57 bits per heavy atom. The predicted molar refractivity (Wildman–Crippen MR) is 60.8 cm³/mol. The zero-order chi connectivity index (χ0) is 9.10. The minimum absolute atomic E-state index is 0. The smallest absolute Gasteiger partial charge is 0.123 e. The Kier molecular flexibility index (Phi) is 4.72. The number of thioether (sulfide) groups is 1. The van der Waals surface area contributed by atoms with Gasteiger partial charge in [0.05, 0.1) is 0 Å². The Morgan fingerprint density at radius 2 is 2.00 bits per heavy atom. The van der Waals surface area contributed by atoms with Gasteiger partial charge in [0, 0.05) is 16.7 Å². The maximum absolute atomic E-state index is 12.6. The monoisotopic (exact) mass is 233 g/mol. The van der Waals surface area contributed by atoms with Gasteiger partial charge in [-0.1, -0.05) is 0 Å². The lowest BCUT2D eigenvalue weighted by atomic mass is 10.3. The molecule has 1 atom stereocenters. The highest BCUT2D eigenvalue weighted by molar-refractivity contribution is 8.00. The van der Waals surface area contributed by atoms with Crippen molar-refractivity contribution in [2.45, 2.75) is 16.6 Å². The minimum Gasteiger partial charge on any atom is -0.316 e. The molecule has 1 aliphatic rings. The fraction of sp³-hybridized carbons (Fsp3) is 0.400. The van der Waals surface area contributed by atoms with Gasteiger partial charge in [0.25, 0.3) is 0 Å². The van der Waals surface area contributed by atoms with Crippen LogP contribution >= 0.6 is 24.2 Å². The van der Waals surface area contributed by atoms with Crippen LogP contribution in [0.25, 0.3) is 0 Å². The highest BCUT2D eigenvalue weighted by atomic mass is 35.5. The number of halogens is 2. The van der Waals surface area contributed by atoms with Crippen molar-refractivity contribution in [3.8, 4) is 0 Å². The van der Waals surface area contributed by atoms with E-state index < -0.39 is 0 Å². The molecular formula is C10H13ClFNS. The summed E-state index contributed by atoms with van der Waals surface area (Å²) in [5.41, 5.74) is 0. The van der Waals surface area contributed by atoms with E-state index in [1.54, 1.807) is 0 Å². The zero-order valence-electron chi connectivity index (χ0n) is 7.70. The first-order valence-electron chi connectivity index (χ1n) is 4.47. The largest absolute Gasteiger partial charge is 0.316 e. The van der Waals surface area contributed by atoms with Gasteiger partial charge in [-0.3, -0.25) is 0 Å². The zero-order valence-corrected chi connectivity index (χ0v) is 9.34. The molecule has 1 aliphatic heterocycles. The molecule has 0 bridgehead atoms. The van der Waals surface area contributed by atoms with E-state index in [1.807, 2.05) is 23.9 Å². The number of rotatable bonds is 2. The summed E-state index contributed by atoms with van der Waals surface area (Å²) in [7, 11) is 0. The molecule has 1 nitrogen and oxygen atoms in total. The standard InChI is InChI=1S/C10H12FNS.ClH/c11-8-1-3-9(4-2-8)13-10-5-6-12-7-10;/h1-4,10,12H,5-7H2;1H. The van der Waals surface area contributed by atoms with E-state index in [2.05, 4.69) is 5.32 Å². The maximum atomic E-state index is 12.6. The first kappa shape index (κ1) is 11.8. The summed E-state index contributed by atoms with van der Waals surface area (Å²) in [5, 5.41) is 3.97. The molecule has 0 radical (unpaired) electrons. The lowest BCUT2D eigenvalue weighted by Gasteiger charge is -2.06. The second-order valence-electron chi connectivity index (χ2n) is 3.19. The molecule has 0 spiro atoms. The predicted octanol–water partition coefficient (Wildman–Crippen LogP) is 2.70. The minimum atomic E-state index is -0.158. The summed E-state index contributed by atoms with van der Waals surface area (Å²) in [5.74, 6) is -0.158. The van der Waals surface area contributed by atoms with Crippen LogP contribution in [-0.4, -0.2) is 18.3 Å². The molecule has 0 aromatic heterocycles. The van der Waals surface area contributed by atoms with Crippen LogP contribution < -0.4 is 5.32 Å². The topological polar surface area (TPSA) is 12.0 Å². The second-order valence-corrected chi connectivity index (χ2v) is 4.56. The van der Waals surface area contributed by atoms with Crippen molar-refractivity contribution < 1.29 is 4.39 Å². The summed E-state index contributed by atoms with van der Waals surface area (Å²) in [4.78, 5) is 1.16. The molecular weight excluding hydrogens is 221 g/mol. The summed E-state index contributed by atoms with van der Waals surface area (Å²) >= 11 is 1.83. The molecule has 14 heavy (non-hydrogen) atoms.